The summed E-state index contributed by atoms with van der Waals surface area (Å²) >= 11 is 3.29. The minimum Gasteiger partial charge on any atom is -0.480 e. The Morgan fingerprint density at radius 2 is 1.88 bits per heavy atom. The Bertz CT molecular complexity index is 807. The molecule has 0 aliphatic carbocycles. The first-order chi connectivity index (χ1) is 11.4. The third kappa shape index (κ3) is 4.46. The monoisotopic (exact) mass is 392 g/mol. The van der Waals surface area contributed by atoms with Crippen LogP contribution in [0.5, 0.6) is 0 Å². The van der Waals surface area contributed by atoms with Gasteiger partial charge in [-0.05, 0) is 24.3 Å². The number of hydrogen-bond donors (Lipinski definition) is 2. The van der Waals surface area contributed by atoms with Gasteiger partial charge in [0.05, 0.1) is 11.5 Å². The van der Waals surface area contributed by atoms with Crippen LogP contribution in [0.2, 0.25) is 0 Å². The van der Waals surface area contributed by atoms with Crippen molar-refractivity contribution in [1.29, 1.82) is 0 Å². The molecular weight excluding hydrogens is 380 g/mol. The predicted octanol–water partition coefficient (Wildman–Crippen LogP) is 2.76. The second-order valence-corrected chi connectivity index (χ2v) is 5.85. The topological polar surface area (TPSA) is 110 Å². The summed E-state index contributed by atoms with van der Waals surface area (Å²) in [5, 5.41) is 22.3. The van der Waals surface area contributed by atoms with E-state index in [-0.39, 0.29) is 30.1 Å². The number of nitrogens with one attached hydrogen (secondary N) is 1. The molecule has 0 saturated heterocycles. The molecule has 2 N–H and O–H groups in total. The Hall–Kier alpha value is -2.58. The van der Waals surface area contributed by atoms with E-state index in [4.69, 9.17) is 5.11 Å². The van der Waals surface area contributed by atoms with Gasteiger partial charge in [0.2, 0.25) is 0 Å². The van der Waals surface area contributed by atoms with Crippen molar-refractivity contribution in [2.75, 3.05) is 6.54 Å². The molecule has 0 unspecified atom stereocenters. The van der Waals surface area contributed by atoms with Crippen molar-refractivity contribution in [3.63, 3.8) is 0 Å². The summed E-state index contributed by atoms with van der Waals surface area (Å²) in [5.41, 5.74) is 0.828. The molecule has 0 aliphatic rings. The Morgan fingerprint density at radius 3 is 2.50 bits per heavy atom. The van der Waals surface area contributed by atoms with Crippen molar-refractivity contribution >= 4 is 33.4 Å². The van der Waals surface area contributed by atoms with Crippen LogP contribution in [0.15, 0.2) is 46.9 Å². The molecule has 0 radical (unpaired) electrons. The lowest BCUT2D eigenvalue weighted by Crippen LogP contribution is -2.22. The Kier molecular flexibility index (Phi) is 5.78. The molecule has 0 bridgehead atoms. The molecule has 124 valence electrons. The van der Waals surface area contributed by atoms with Crippen LogP contribution in [0.3, 0.4) is 0 Å². The van der Waals surface area contributed by atoms with Gasteiger partial charge in [-0.3, -0.25) is 19.7 Å². The lowest BCUT2D eigenvalue weighted by molar-refractivity contribution is -0.385. The predicted molar refractivity (Wildman–Crippen MR) is 90.0 cm³/mol. The van der Waals surface area contributed by atoms with Crippen LogP contribution in [0.1, 0.15) is 21.5 Å². The molecule has 8 heteroatoms. The Balaban J connectivity index is 2.32. The number of nitrogens with zero attached hydrogens (tertiary/aromatic N) is 1. The molecular formula is C16H13BrN2O5. The summed E-state index contributed by atoms with van der Waals surface area (Å²) in [5.74, 6) is -1.34. The van der Waals surface area contributed by atoms with Crippen molar-refractivity contribution < 1.29 is 19.6 Å². The van der Waals surface area contributed by atoms with Gasteiger partial charge in [0, 0.05) is 33.8 Å². The first kappa shape index (κ1) is 17.8. The van der Waals surface area contributed by atoms with Crippen molar-refractivity contribution in [3.8, 4) is 0 Å². The number of benzene rings is 2. The summed E-state index contributed by atoms with van der Waals surface area (Å²) < 4.78 is 0.749. The van der Waals surface area contributed by atoms with E-state index in [1.807, 2.05) is 0 Å². The van der Waals surface area contributed by atoms with Gasteiger partial charge in [-0.15, -0.1) is 0 Å². The van der Waals surface area contributed by atoms with Gasteiger partial charge in [0.25, 0.3) is 5.69 Å². The zero-order valence-electron chi connectivity index (χ0n) is 12.4. The van der Waals surface area contributed by atoms with Gasteiger partial charge in [-0.1, -0.05) is 28.1 Å². The molecule has 2 aromatic carbocycles. The van der Waals surface area contributed by atoms with Crippen LogP contribution in [0.25, 0.3) is 0 Å². The maximum absolute atomic E-state index is 12.5. The number of carboxylic acid groups (broad SMARTS) is 1. The normalized spacial score (nSPS) is 10.4. The van der Waals surface area contributed by atoms with Gasteiger partial charge in [0.1, 0.15) is 0 Å². The lowest BCUT2D eigenvalue weighted by atomic mass is 10.0. The fraction of sp³-hybridized carbons (Fsp3) is 0.125. The smallest absolute Gasteiger partial charge is 0.317 e. The molecule has 0 atom stereocenters. The summed E-state index contributed by atoms with van der Waals surface area (Å²) in [7, 11) is 0. The van der Waals surface area contributed by atoms with Crippen molar-refractivity contribution in [2.45, 2.75) is 6.54 Å². The van der Waals surface area contributed by atoms with Gasteiger partial charge in [0.15, 0.2) is 5.78 Å². The third-order valence-corrected chi connectivity index (χ3v) is 3.71. The number of aliphatic carboxylic acids is 1. The van der Waals surface area contributed by atoms with Gasteiger partial charge in [-0.25, -0.2) is 0 Å². The number of carboxylic acids is 1. The number of carbonyl (C=O) groups is 2. The molecule has 0 aromatic heterocycles. The standard InChI is InChI=1S/C16H13BrN2O5/c17-13-3-1-2-10(7-13)16(22)11-4-5-14(19(23)24)12(6-11)8-18-9-15(20)21/h1-7,18H,8-9H2,(H,20,21). The Morgan fingerprint density at radius 1 is 1.17 bits per heavy atom. The number of carbonyl (C=O) groups excluding carboxylic acids is 1. The van der Waals surface area contributed by atoms with Crippen LogP contribution in [-0.2, 0) is 11.3 Å². The highest BCUT2D eigenvalue weighted by molar-refractivity contribution is 9.10. The van der Waals surface area contributed by atoms with E-state index in [1.54, 1.807) is 24.3 Å². The van der Waals surface area contributed by atoms with Gasteiger partial charge >= 0.3 is 5.97 Å². The summed E-state index contributed by atoms with van der Waals surface area (Å²) in [6.45, 7) is -0.358. The zero-order chi connectivity index (χ0) is 17.7. The molecule has 0 heterocycles. The van der Waals surface area contributed by atoms with E-state index in [0.717, 1.165) is 4.47 Å². The molecule has 0 aliphatic heterocycles. The fourth-order valence-corrected chi connectivity index (χ4v) is 2.55. The molecule has 2 rings (SSSR count). The maximum Gasteiger partial charge on any atom is 0.317 e. The van der Waals surface area contributed by atoms with E-state index in [2.05, 4.69) is 21.2 Å². The number of rotatable bonds is 7. The van der Waals surface area contributed by atoms with E-state index in [0.29, 0.717) is 11.1 Å². The summed E-state index contributed by atoms with van der Waals surface area (Å²) in [4.78, 5) is 33.6. The quantitative estimate of drug-likeness (QED) is 0.425. The molecule has 0 saturated carbocycles. The van der Waals surface area contributed by atoms with Crippen LogP contribution >= 0.6 is 15.9 Å². The number of hydrogen-bond acceptors (Lipinski definition) is 5. The lowest BCUT2D eigenvalue weighted by Gasteiger charge is -2.07. The second-order valence-electron chi connectivity index (χ2n) is 4.94. The number of ketones is 1. The summed E-state index contributed by atoms with van der Waals surface area (Å²) in [6.07, 6.45) is 0. The minimum absolute atomic E-state index is 0.0256. The third-order valence-electron chi connectivity index (χ3n) is 3.22. The van der Waals surface area contributed by atoms with E-state index < -0.39 is 10.9 Å². The summed E-state index contributed by atoms with van der Waals surface area (Å²) in [6, 6.07) is 10.9. The molecule has 0 amide bonds. The average Bonchev–Trinajstić information content (AvgIpc) is 2.53. The molecule has 0 spiro atoms. The van der Waals surface area contributed by atoms with Crippen LogP contribution < -0.4 is 5.32 Å². The zero-order valence-corrected chi connectivity index (χ0v) is 13.9. The largest absolute Gasteiger partial charge is 0.480 e. The fourth-order valence-electron chi connectivity index (χ4n) is 2.15. The highest BCUT2D eigenvalue weighted by Crippen LogP contribution is 2.22. The van der Waals surface area contributed by atoms with Gasteiger partial charge < -0.3 is 10.4 Å². The average molecular weight is 393 g/mol. The molecule has 0 fully saturated rings. The van der Waals surface area contributed by atoms with E-state index >= 15 is 0 Å². The molecule has 2 aromatic rings. The van der Waals surface area contributed by atoms with Crippen LogP contribution in [0, 0.1) is 10.1 Å². The highest BCUT2D eigenvalue weighted by Gasteiger charge is 2.18. The highest BCUT2D eigenvalue weighted by atomic mass is 79.9. The van der Waals surface area contributed by atoms with Crippen LogP contribution in [-0.4, -0.2) is 28.3 Å². The van der Waals surface area contributed by atoms with Crippen LogP contribution in [0.4, 0.5) is 5.69 Å². The first-order valence-electron chi connectivity index (χ1n) is 6.88. The maximum atomic E-state index is 12.5. The Labute approximate surface area is 145 Å². The first-order valence-corrected chi connectivity index (χ1v) is 7.68. The van der Waals surface area contributed by atoms with E-state index in [1.165, 1.54) is 18.2 Å². The number of nitro benzene ring substituents is 1. The second kappa shape index (κ2) is 7.80. The van der Waals surface area contributed by atoms with Crippen molar-refractivity contribution in [2.24, 2.45) is 0 Å². The van der Waals surface area contributed by atoms with E-state index in [9.17, 15) is 19.7 Å². The van der Waals surface area contributed by atoms with Gasteiger partial charge in [-0.2, -0.15) is 0 Å². The number of nitro groups is 1. The molecule has 7 nitrogen and oxygen atoms in total. The number of halogens is 1. The molecule has 24 heavy (non-hydrogen) atoms. The minimum atomic E-state index is -1.07. The van der Waals surface area contributed by atoms with Crippen molar-refractivity contribution in [3.05, 3.63) is 73.7 Å². The van der Waals surface area contributed by atoms with Crippen molar-refractivity contribution in [1.82, 2.24) is 5.32 Å². The SMILES string of the molecule is O=C(O)CNCc1cc(C(=O)c2cccc(Br)c2)ccc1[N+](=O)[O-].